The van der Waals surface area contributed by atoms with E-state index in [-0.39, 0.29) is 12.7 Å². The van der Waals surface area contributed by atoms with Crippen molar-refractivity contribution >= 4 is 22.5 Å². The predicted octanol–water partition coefficient (Wildman–Crippen LogP) is 3.77. The number of aromatic amines is 1. The fraction of sp³-hybridized carbons (Fsp3) is 0.167. The van der Waals surface area contributed by atoms with E-state index in [2.05, 4.69) is 16.4 Å². The summed E-state index contributed by atoms with van der Waals surface area (Å²) in [6, 6.07) is 11.5. The Labute approximate surface area is 133 Å². The van der Waals surface area contributed by atoms with E-state index in [1.54, 1.807) is 18.2 Å². The van der Waals surface area contributed by atoms with E-state index < -0.39 is 0 Å². The summed E-state index contributed by atoms with van der Waals surface area (Å²) in [4.78, 5) is 15.8. The smallest absolute Gasteiger partial charge is 0.272 e. The van der Waals surface area contributed by atoms with Crippen LogP contribution in [-0.4, -0.2) is 17.7 Å². The zero-order chi connectivity index (χ0) is 16.0. The van der Waals surface area contributed by atoms with E-state index in [1.807, 2.05) is 26.0 Å². The molecule has 2 heterocycles. The number of aryl methyl sites for hydroxylation is 2. The monoisotopic (exact) mass is 308 g/mol. The molecule has 1 aromatic heterocycles. The topological polar surface area (TPSA) is 63.4 Å². The molecule has 0 fully saturated rings. The molecule has 0 spiro atoms. The molecule has 0 aliphatic carbocycles. The summed E-state index contributed by atoms with van der Waals surface area (Å²) < 4.78 is 10.6. The normalized spacial score (nSPS) is 12.6. The molecule has 1 amide bonds. The molecule has 5 nitrogen and oxygen atoms in total. The van der Waals surface area contributed by atoms with Crippen molar-refractivity contribution in [1.29, 1.82) is 0 Å². The Kier molecular flexibility index (Phi) is 3.01. The first-order valence-electron chi connectivity index (χ1n) is 7.42. The van der Waals surface area contributed by atoms with E-state index in [9.17, 15) is 4.79 Å². The van der Waals surface area contributed by atoms with E-state index >= 15 is 0 Å². The number of aromatic nitrogens is 1. The van der Waals surface area contributed by atoms with Crippen molar-refractivity contribution < 1.29 is 14.3 Å². The van der Waals surface area contributed by atoms with Crippen LogP contribution in [0.5, 0.6) is 11.5 Å². The second kappa shape index (κ2) is 5.05. The molecule has 0 atom stereocenters. The van der Waals surface area contributed by atoms with Gasteiger partial charge in [0.2, 0.25) is 6.79 Å². The van der Waals surface area contributed by atoms with Crippen molar-refractivity contribution in [3.63, 3.8) is 0 Å². The highest BCUT2D eigenvalue weighted by Crippen LogP contribution is 2.34. The van der Waals surface area contributed by atoms with E-state index in [4.69, 9.17) is 9.47 Å². The zero-order valence-electron chi connectivity index (χ0n) is 12.9. The lowest BCUT2D eigenvalue weighted by Gasteiger charge is -2.06. The molecule has 4 rings (SSSR count). The lowest BCUT2D eigenvalue weighted by Crippen LogP contribution is -2.13. The summed E-state index contributed by atoms with van der Waals surface area (Å²) in [6.45, 7) is 4.21. The Hall–Kier alpha value is -2.95. The van der Waals surface area contributed by atoms with Crippen LogP contribution in [0.15, 0.2) is 36.4 Å². The number of anilines is 1. The number of H-pyrrole nitrogens is 1. The van der Waals surface area contributed by atoms with Crippen LogP contribution >= 0.6 is 0 Å². The van der Waals surface area contributed by atoms with Gasteiger partial charge in [0.1, 0.15) is 5.69 Å². The third-order valence-electron chi connectivity index (χ3n) is 4.07. The minimum atomic E-state index is -0.171. The van der Waals surface area contributed by atoms with Crippen molar-refractivity contribution in [3.8, 4) is 11.5 Å². The number of hydrogen-bond donors (Lipinski definition) is 2. The molecular weight excluding hydrogens is 292 g/mol. The number of ether oxygens (including phenoxy) is 2. The fourth-order valence-corrected chi connectivity index (χ4v) is 2.84. The number of hydrogen-bond acceptors (Lipinski definition) is 3. The maximum atomic E-state index is 12.6. The van der Waals surface area contributed by atoms with Gasteiger partial charge in [0.15, 0.2) is 11.5 Å². The highest BCUT2D eigenvalue weighted by atomic mass is 16.7. The third kappa shape index (κ3) is 2.30. The summed E-state index contributed by atoms with van der Waals surface area (Å²) in [5.41, 5.74) is 4.32. The minimum absolute atomic E-state index is 0.171. The Bertz CT molecular complexity index is 927. The van der Waals surface area contributed by atoms with Crippen LogP contribution in [-0.2, 0) is 0 Å². The van der Waals surface area contributed by atoms with Crippen molar-refractivity contribution in [2.45, 2.75) is 13.8 Å². The second-order valence-corrected chi connectivity index (χ2v) is 5.70. The average molecular weight is 308 g/mol. The van der Waals surface area contributed by atoms with Gasteiger partial charge in [-0.2, -0.15) is 0 Å². The molecule has 0 radical (unpaired) electrons. The van der Waals surface area contributed by atoms with Gasteiger partial charge in [-0.3, -0.25) is 4.79 Å². The first kappa shape index (κ1) is 13.7. The molecule has 0 bridgehead atoms. The summed E-state index contributed by atoms with van der Waals surface area (Å²) in [6.07, 6.45) is 0. The summed E-state index contributed by atoms with van der Waals surface area (Å²) in [7, 11) is 0. The van der Waals surface area contributed by atoms with Crippen LogP contribution in [0.25, 0.3) is 10.9 Å². The van der Waals surface area contributed by atoms with Gasteiger partial charge in [-0.15, -0.1) is 0 Å². The number of carbonyl (C=O) groups is 1. The van der Waals surface area contributed by atoms with Gasteiger partial charge in [-0.25, -0.2) is 0 Å². The molecule has 0 saturated heterocycles. The van der Waals surface area contributed by atoms with E-state index in [0.29, 0.717) is 22.9 Å². The first-order chi connectivity index (χ1) is 11.1. The molecule has 0 unspecified atom stereocenters. The quantitative estimate of drug-likeness (QED) is 0.757. The second-order valence-electron chi connectivity index (χ2n) is 5.70. The first-order valence-corrected chi connectivity index (χ1v) is 7.42. The average Bonchev–Trinajstić information content (AvgIpc) is 3.12. The Balaban J connectivity index is 1.65. The zero-order valence-corrected chi connectivity index (χ0v) is 12.9. The van der Waals surface area contributed by atoms with Gasteiger partial charge in [-0.1, -0.05) is 11.6 Å². The third-order valence-corrected chi connectivity index (χ3v) is 4.07. The Morgan fingerprint density at radius 3 is 2.78 bits per heavy atom. The van der Waals surface area contributed by atoms with Crippen LogP contribution in [0, 0.1) is 13.8 Å². The number of rotatable bonds is 2. The molecule has 116 valence electrons. The molecule has 2 N–H and O–H groups in total. The summed E-state index contributed by atoms with van der Waals surface area (Å²) in [5, 5.41) is 3.97. The van der Waals surface area contributed by atoms with E-state index in [1.165, 1.54) is 5.56 Å². The van der Waals surface area contributed by atoms with Crippen LogP contribution in [0.3, 0.4) is 0 Å². The van der Waals surface area contributed by atoms with Crippen LogP contribution in [0.2, 0.25) is 0 Å². The highest BCUT2D eigenvalue weighted by molar-refractivity contribution is 6.08. The van der Waals surface area contributed by atoms with Crippen LogP contribution in [0.4, 0.5) is 5.69 Å². The van der Waals surface area contributed by atoms with Gasteiger partial charge < -0.3 is 19.8 Å². The highest BCUT2D eigenvalue weighted by Gasteiger charge is 2.17. The molecule has 2 aromatic carbocycles. The number of amides is 1. The van der Waals surface area contributed by atoms with Crippen LogP contribution in [0.1, 0.15) is 21.6 Å². The van der Waals surface area contributed by atoms with Crippen LogP contribution < -0.4 is 14.8 Å². The van der Waals surface area contributed by atoms with E-state index in [0.717, 1.165) is 16.5 Å². The molecule has 1 aliphatic rings. The van der Waals surface area contributed by atoms with Crippen molar-refractivity contribution in [3.05, 3.63) is 53.2 Å². The number of nitrogens with one attached hydrogen (secondary N) is 2. The molecule has 0 saturated carbocycles. The van der Waals surface area contributed by atoms with Crippen molar-refractivity contribution in [1.82, 2.24) is 4.98 Å². The minimum Gasteiger partial charge on any atom is -0.454 e. The summed E-state index contributed by atoms with van der Waals surface area (Å²) >= 11 is 0. The lowest BCUT2D eigenvalue weighted by atomic mass is 10.1. The fourth-order valence-electron chi connectivity index (χ4n) is 2.84. The molecule has 1 aliphatic heterocycles. The summed E-state index contributed by atoms with van der Waals surface area (Å²) in [5.74, 6) is 1.17. The Morgan fingerprint density at radius 1 is 1.09 bits per heavy atom. The molecule has 5 heteroatoms. The standard InChI is InChI=1S/C18H16N2O3/c1-10-3-5-14-13(7-10)11(2)17(20-14)18(21)19-12-4-6-15-16(8-12)23-9-22-15/h3-8,20H,9H2,1-2H3,(H,19,21). The number of carbonyl (C=O) groups excluding carboxylic acids is 1. The molecular formula is C18H16N2O3. The van der Waals surface area contributed by atoms with Gasteiger partial charge >= 0.3 is 0 Å². The predicted molar refractivity (Wildman–Crippen MR) is 88.3 cm³/mol. The number of benzene rings is 2. The van der Waals surface area contributed by atoms with Gasteiger partial charge in [0.05, 0.1) is 0 Å². The maximum absolute atomic E-state index is 12.6. The van der Waals surface area contributed by atoms with Gasteiger partial charge in [0.25, 0.3) is 5.91 Å². The van der Waals surface area contributed by atoms with Crippen molar-refractivity contribution in [2.24, 2.45) is 0 Å². The molecule has 23 heavy (non-hydrogen) atoms. The van der Waals surface area contributed by atoms with Gasteiger partial charge in [0, 0.05) is 22.7 Å². The largest absolute Gasteiger partial charge is 0.454 e. The van der Waals surface area contributed by atoms with Gasteiger partial charge in [-0.05, 0) is 43.7 Å². The molecule has 3 aromatic rings. The maximum Gasteiger partial charge on any atom is 0.272 e. The van der Waals surface area contributed by atoms with Crippen molar-refractivity contribution in [2.75, 3.05) is 12.1 Å². The Morgan fingerprint density at radius 2 is 1.91 bits per heavy atom. The number of fused-ring (bicyclic) bond motifs is 2. The SMILES string of the molecule is Cc1ccc2[nH]c(C(=O)Nc3ccc4c(c3)OCO4)c(C)c2c1. The lowest BCUT2D eigenvalue weighted by molar-refractivity contribution is 0.102.